The van der Waals surface area contributed by atoms with Crippen molar-refractivity contribution < 1.29 is 14.3 Å². The molecule has 0 saturated carbocycles. The summed E-state index contributed by atoms with van der Waals surface area (Å²) in [5, 5.41) is 11.0. The molecule has 0 unspecified atom stereocenters. The Morgan fingerprint density at radius 2 is 1.83 bits per heavy atom. The Morgan fingerprint density at radius 3 is 2.53 bits per heavy atom. The summed E-state index contributed by atoms with van der Waals surface area (Å²) in [5.74, 6) is 0.379. The minimum absolute atomic E-state index is 0.229. The molecule has 30 heavy (non-hydrogen) atoms. The minimum atomic E-state index is -0.469. The van der Waals surface area contributed by atoms with E-state index in [9.17, 15) is 4.79 Å². The molecule has 10 heteroatoms. The van der Waals surface area contributed by atoms with Crippen molar-refractivity contribution in [3.05, 3.63) is 47.2 Å². The van der Waals surface area contributed by atoms with E-state index in [2.05, 4.69) is 30.2 Å². The quantitative estimate of drug-likeness (QED) is 0.528. The maximum atomic E-state index is 11.5. The van der Waals surface area contributed by atoms with E-state index in [1.807, 2.05) is 24.3 Å². The van der Waals surface area contributed by atoms with Gasteiger partial charge in [-0.1, -0.05) is 5.21 Å². The van der Waals surface area contributed by atoms with Crippen molar-refractivity contribution in [1.29, 1.82) is 0 Å². The Kier molecular flexibility index (Phi) is 6.36. The van der Waals surface area contributed by atoms with Crippen LogP contribution in [0.5, 0.6) is 5.75 Å². The van der Waals surface area contributed by atoms with E-state index in [1.54, 1.807) is 29.3 Å². The summed E-state index contributed by atoms with van der Waals surface area (Å²) < 4.78 is 11.6. The van der Waals surface area contributed by atoms with Crippen LogP contribution in [0.3, 0.4) is 0 Å². The van der Waals surface area contributed by atoms with E-state index in [0.29, 0.717) is 6.67 Å². The van der Waals surface area contributed by atoms with Gasteiger partial charge in [0.25, 0.3) is 0 Å². The average Bonchev–Trinajstić information content (AvgIpc) is 3.44. The van der Waals surface area contributed by atoms with Gasteiger partial charge in [-0.05, 0) is 24.3 Å². The molecule has 0 atom stereocenters. The number of rotatable bonds is 7. The lowest BCUT2D eigenvalue weighted by atomic mass is 10.2. The van der Waals surface area contributed by atoms with Gasteiger partial charge in [0, 0.05) is 43.7 Å². The van der Waals surface area contributed by atoms with E-state index in [1.165, 1.54) is 7.11 Å². The first kappa shape index (κ1) is 20.5. The maximum Gasteiger partial charge on any atom is 0.360 e. The van der Waals surface area contributed by atoms with Gasteiger partial charge in [-0.3, -0.25) is 9.80 Å². The van der Waals surface area contributed by atoms with E-state index >= 15 is 0 Å². The summed E-state index contributed by atoms with van der Waals surface area (Å²) in [6.07, 6.45) is 1.62. The number of hydrogen-bond acceptors (Lipinski definition) is 9. The predicted octanol–water partition coefficient (Wildman–Crippen LogP) is 1.97. The van der Waals surface area contributed by atoms with Gasteiger partial charge in [0.05, 0.1) is 32.8 Å². The summed E-state index contributed by atoms with van der Waals surface area (Å²) in [5.41, 5.74) is 2.43. The second-order valence-corrected chi connectivity index (χ2v) is 7.90. The smallest absolute Gasteiger partial charge is 0.360 e. The van der Waals surface area contributed by atoms with Crippen LogP contribution in [-0.2, 0) is 18.0 Å². The molecule has 1 aliphatic rings. The average molecular weight is 429 g/mol. The van der Waals surface area contributed by atoms with Crippen LogP contribution in [0, 0.1) is 0 Å². The number of ether oxygens (including phenoxy) is 2. The Morgan fingerprint density at radius 1 is 1.10 bits per heavy atom. The lowest BCUT2D eigenvalue weighted by molar-refractivity contribution is 0.0593. The Hall–Kier alpha value is -2.82. The topological polar surface area (TPSA) is 85.6 Å². The standard InChI is InChI=1S/C20H24N6O3S/c1-28-17-5-3-15(4-6-17)19-21-16(13-30-19)11-24-7-9-25(10-8-24)14-26-12-18(22-23-26)20(27)29-2/h3-6,12-13H,7-11,14H2,1-2H3. The summed E-state index contributed by atoms with van der Waals surface area (Å²) in [6.45, 7) is 5.19. The van der Waals surface area contributed by atoms with Crippen molar-refractivity contribution in [2.24, 2.45) is 0 Å². The van der Waals surface area contributed by atoms with Gasteiger partial charge in [0.1, 0.15) is 10.8 Å². The number of aromatic nitrogens is 4. The van der Waals surface area contributed by atoms with Crippen molar-refractivity contribution in [3.63, 3.8) is 0 Å². The van der Waals surface area contributed by atoms with Gasteiger partial charge >= 0.3 is 5.97 Å². The van der Waals surface area contributed by atoms with Crippen molar-refractivity contribution in [2.45, 2.75) is 13.2 Å². The Bertz CT molecular complexity index is 979. The third-order valence-corrected chi connectivity index (χ3v) is 5.96. The lowest BCUT2D eigenvalue weighted by Crippen LogP contribution is -2.46. The summed E-state index contributed by atoms with van der Waals surface area (Å²) >= 11 is 1.67. The molecule has 158 valence electrons. The monoisotopic (exact) mass is 428 g/mol. The number of hydrogen-bond donors (Lipinski definition) is 0. The molecule has 4 rings (SSSR count). The number of carbonyl (C=O) groups is 1. The first-order chi connectivity index (χ1) is 14.6. The number of thiazole rings is 1. The van der Waals surface area contributed by atoms with Gasteiger partial charge in [-0.2, -0.15) is 0 Å². The Labute approximate surface area is 178 Å². The fraction of sp³-hybridized carbons (Fsp3) is 0.400. The van der Waals surface area contributed by atoms with Crippen molar-refractivity contribution >= 4 is 17.3 Å². The number of piperazine rings is 1. The zero-order valence-corrected chi connectivity index (χ0v) is 17.8. The van der Waals surface area contributed by atoms with Crippen LogP contribution in [0.25, 0.3) is 10.6 Å². The van der Waals surface area contributed by atoms with Gasteiger partial charge in [-0.25, -0.2) is 14.5 Å². The maximum absolute atomic E-state index is 11.5. The van der Waals surface area contributed by atoms with Crippen molar-refractivity contribution in [2.75, 3.05) is 40.4 Å². The van der Waals surface area contributed by atoms with E-state index < -0.39 is 5.97 Å². The molecule has 3 heterocycles. The molecule has 1 fully saturated rings. The fourth-order valence-electron chi connectivity index (χ4n) is 3.33. The highest BCUT2D eigenvalue weighted by atomic mass is 32.1. The Balaban J connectivity index is 1.27. The van der Waals surface area contributed by atoms with E-state index in [0.717, 1.165) is 54.7 Å². The molecule has 0 radical (unpaired) electrons. The number of nitrogens with zero attached hydrogens (tertiary/aromatic N) is 6. The largest absolute Gasteiger partial charge is 0.497 e. The molecular weight excluding hydrogens is 404 g/mol. The zero-order valence-electron chi connectivity index (χ0n) is 17.0. The summed E-state index contributed by atoms with van der Waals surface area (Å²) in [7, 11) is 3.00. The van der Waals surface area contributed by atoms with Gasteiger partial charge < -0.3 is 9.47 Å². The van der Waals surface area contributed by atoms with Gasteiger partial charge in [0.2, 0.25) is 0 Å². The second-order valence-electron chi connectivity index (χ2n) is 7.04. The molecule has 1 saturated heterocycles. The first-order valence-electron chi connectivity index (χ1n) is 9.66. The highest BCUT2D eigenvalue weighted by molar-refractivity contribution is 7.13. The number of benzene rings is 1. The third kappa shape index (κ3) is 4.84. The van der Waals surface area contributed by atoms with Crippen LogP contribution in [0.2, 0.25) is 0 Å². The van der Waals surface area contributed by atoms with Crippen molar-refractivity contribution in [1.82, 2.24) is 29.8 Å². The van der Waals surface area contributed by atoms with E-state index in [-0.39, 0.29) is 5.69 Å². The highest BCUT2D eigenvalue weighted by Gasteiger charge is 2.19. The molecule has 0 aliphatic carbocycles. The third-order valence-electron chi connectivity index (χ3n) is 5.02. The predicted molar refractivity (Wildman–Crippen MR) is 112 cm³/mol. The molecule has 9 nitrogen and oxygen atoms in total. The van der Waals surface area contributed by atoms with Crippen LogP contribution in [0.4, 0.5) is 0 Å². The minimum Gasteiger partial charge on any atom is -0.497 e. The molecular formula is C20H24N6O3S. The number of methoxy groups -OCH3 is 2. The highest BCUT2D eigenvalue weighted by Crippen LogP contribution is 2.26. The number of esters is 1. The summed E-state index contributed by atoms with van der Waals surface area (Å²) in [4.78, 5) is 21.0. The van der Waals surface area contributed by atoms with E-state index in [4.69, 9.17) is 9.72 Å². The van der Waals surface area contributed by atoms with Crippen LogP contribution in [-0.4, -0.2) is 76.1 Å². The molecule has 0 spiro atoms. The molecule has 0 bridgehead atoms. The van der Waals surface area contributed by atoms with Crippen LogP contribution >= 0.6 is 11.3 Å². The molecule has 0 amide bonds. The molecule has 1 aromatic carbocycles. The zero-order chi connectivity index (χ0) is 20.9. The van der Waals surface area contributed by atoms with Crippen molar-refractivity contribution in [3.8, 4) is 16.3 Å². The van der Waals surface area contributed by atoms with Gasteiger partial charge in [0.15, 0.2) is 5.69 Å². The van der Waals surface area contributed by atoms with Crippen LogP contribution in [0.1, 0.15) is 16.2 Å². The molecule has 2 aromatic heterocycles. The normalized spacial score (nSPS) is 15.3. The van der Waals surface area contributed by atoms with Crippen LogP contribution in [0.15, 0.2) is 35.8 Å². The second kappa shape index (κ2) is 9.33. The number of carbonyl (C=O) groups excluding carboxylic acids is 1. The molecule has 1 aliphatic heterocycles. The van der Waals surface area contributed by atoms with Crippen LogP contribution < -0.4 is 4.74 Å². The molecule has 0 N–H and O–H groups in total. The SMILES string of the molecule is COC(=O)c1cn(CN2CCN(Cc3csc(-c4ccc(OC)cc4)n3)CC2)nn1. The fourth-order valence-corrected chi connectivity index (χ4v) is 4.15. The molecule has 3 aromatic rings. The van der Waals surface area contributed by atoms with Gasteiger partial charge in [-0.15, -0.1) is 16.4 Å². The first-order valence-corrected chi connectivity index (χ1v) is 10.5. The lowest BCUT2D eigenvalue weighted by Gasteiger charge is -2.33. The summed E-state index contributed by atoms with van der Waals surface area (Å²) in [6, 6.07) is 7.99.